The highest BCUT2D eigenvalue weighted by atomic mass is 35.5. The van der Waals surface area contributed by atoms with E-state index in [1.54, 1.807) is 4.90 Å². The van der Waals surface area contributed by atoms with Gasteiger partial charge in [-0.05, 0) is 60.2 Å². The smallest absolute Gasteiger partial charge is 0.243 e. The number of fused-ring (bicyclic) bond motifs is 1. The molecule has 3 aromatic rings. The standard InChI is InChI=1S/C33H37ClN2O4/c34-27-15-11-26(12-16-27)23-36(32(37)18-14-25-13-17-30-31(22-25)40-20-19-39-30)29(21-24-7-3-1-4-8-24)33(38)35-28-9-5-2-6-10-28/h1,3-4,7-8,11-13,15-17,22,28-29H,2,5-6,9-10,14,18-21,23H2,(H,35,38)/t29-/m0/s1. The average Bonchev–Trinajstić information content (AvgIpc) is 2.99. The van der Waals surface area contributed by atoms with E-state index >= 15 is 0 Å². The number of carbonyl (C=O) groups is 2. The Hall–Kier alpha value is -3.51. The van der Waals surface area contributed by atoms with Crippen LogP contribution in [-0.2, 0) is 29.0 Å². The zero-order chi connectivity index (χ0) is 27.7. The Morgan fingerprint density at radius 1 is 0.850 bits per heavy atom. The van der Waals surface area contributed by atoms with Gasteiger partial charge in [0.25, 0.3) is 0 Å². The SMILES string of the molecule is O=C(NC1CCCCC1)[C@H](Cc1ccccc1)N(Cc1ccc(Cl)cc1)C(=O)CCc1ccc2c(c1)OCCO2. The summed E-state index contributed by atoms with van der Waals surface area (Å²) in [6.07, 6.45) is 6.68. The molecule has 0 bridgehead atoms. The van der Waals surface area contributed by atoms with Crippen LogP contribution < -0.4 is 14.8 Å². The van der Waals surface area contributed by atoms with E-state index in [2.05, 4.69) is 5.32 Å². The molecule has 1 fully saturated rings. The van der Waals surface area contributed by atoms with Crippen molar-refractivity contribution in [1.29, 1.82) is 0 Å². The van der Waals surface area contributed by atoms with Crippen LogP contribution in [0.25, 0.3) is 0 Å². The average molecular weight is 561 g/mol. The van der Waals surface area contributed by atoms with Crippen molar-refractivity contribution in [1.82, 2.24) is 10.2 Å². The number of benzene rings is 3. The van der Waals surface area contributed by atoms with Crippen LogP contribution in [0.1, 0.15) is 55.2 Å². The topological polar surface area (TPSA) is 67.9 Å². The lowest BCUT2D eigenvalue weighted by molar-refractivity contribution is -0.141. The van der Waals surface area contributed by atoms with Crippen molar-refractivity contribution in [2.24, 2.45) is 0 Å². The minimum atomic E-state index is -0.632. The van der Waals surface area contributed by atoms with E-state index in [1.165, 1.54) is 6.42 Å². The van der Waals surface area contributed by atoms with Gasteiger partial charge in [-0.1, -0.05) is 79.4 Å². The van der Waals surface area contributed by atoms with E-state index in [0.717, 1.165) is 48.1 Å². The molecular formula is C33H37ClN2O4. The Labute approximate surface area is 241 Å². The van der Waals surface area contributed by atoms with Crippen molar-refractivity contribution >= 4 is 23.4 Å². The van der Waals surface area contributed by atoms with Crippen LogP contribution in [0.5, 0.6) is 11.5 Å². The first-order valence-electron chi connectivity index (χ1n) is 14.3. The van der Waals surface area contributed by atoms with Crippen LogP contribution in [0.3, 0.4) is 0 Å². The van der Waals surface area contributed by atoms with E-state index in [1.807, 2.05) is 72.8 Å². The predicted octanol–water partition coefficient (Wildman–Crippen LogP) is 6.13. The molecule has 5 rings (SSSR count). The van der Waals surface area contributed by atoms with Crippen LogP contribution in [0.4, 0.5) is 0 Å². The maximum Gasteiger partial charge on any atom is 0.243 e. The van der Waals surface area contributed by atoms with Gasteiger partial charge >= 0.3 is 0 Å². The minimum absolute atomic E-state index is 0.0652. The van der Waals surface area contributed by atoms with E-state index in [-0.39, 0.29) is 24.3 Å². The first-order valence-corrected chi connectivity index (χ1v) is 14.7. The molecule has 0 unspecified atom stereocenters. The molecule has 2 aliphatic rings. The number of rotatable bonds is 10. The number of carbonyl (C=O) groups excluding carboxylic acids is 2. The quantitative estimate of drug-likeness (QED) is 0.324. The summed E-state index contributed by atoms with van der Waals surface area (Å²) in [5, 5.41) is 3.93. The highest BCUT2D eigenvalue weighted by Crippen LogP contribution is 2.31. The number of hydrogen-bond donors (Lipinski definition) is 1. The third-order valence-corrected chi connectivity index (χ3v) is 7.97. The Morgan fingerprint density at radius 2 is 1.55 bits per heavy atom. The molecule has 0 aromatic heterocycles. The van der Waals surface area contributed by atoms with Crippen molar-refractivity contribution in [3.05, 3.63) is 94.5 Å². The van der Waals surface area contributed by atoms with Gasteiger partial charge in [0.1, 0.15) is 19.3 Å². The van der Waals surface area contributed by atoms with Gasteiger partial charge in [0.05, 0.1) is 0 Å². The lowest BCUT2D eigenvalue weighted by Crippen LogP contribution is -2.52. The van der Waals surface area contributed by atoms with Gasteiger partial charge in [-0.15, -0.1) is 0 Å². The molecule has 0 saturated heterocycles. The molecule has 0 radical (unpaired) electrons. The molecule has 1 N–H and O–H groups in total. The van der Waals surface area contributed by atoms with Gasteiger partial charge < -0.3 is 19.7 Å². The third-order valence-electron chi connectivity index (χ3n) is 7.72. The summed E-state index contributed by atoms with van der Waals surface area (Å²) in [6.45, 7) is 1.38. The number of hydrogen-bond acceptors (Lipinski definition) is 4. The van der Waals surface area contributed by atoms with Crippen LogP contribution in [0.2, 0.25) is 5.02 Å². The molecule has 7 heteroatoms. The molecule has 6 nitrogen and oxygen atoms in total. The highest BCUT2D eigenvalue weighted by Gasteiger charge is 2.31. The molecule has 40 heavy (non-hydrogen) atoms. The van der Waals surface area contributed by atoms with Crippen LogP contribution >= 0.6 is 11.6 Å². The molecule has 1 aliphatic heterocycles. The summed E-state index contributed by atoms with van der Waals surface area (Å²) in [5.41, 5.74) is 2.95. The second-order valence-electron chi connectivity index (χ2n) is 10.7. The van der Waals surface area contributed by atoms with Gasteiger partial charge in [-0.3, -0.25) is 9.59 Å². The molecule has 1 saturated carbocycles. The summed E-state index contributed by atoms with van der Waals surface area (Å²) in [4.78, 5) is 29.6. The highest BCUT2D eigenvalue weighted by molar-refractivity contribution is 6.30. The van der Waals surface area contributed by atoms with Gasteiger partial charge in [0.15, 0.2) is 11.5 Å². The van der Waals surface area contributed by atoms with Crippen molar-refractivity contribution < 1.29 is 19.1 Å². The molecule has 0 spiro atoms. The van der Waals surface area contributed by atoms with Crippen molar-refractivity contribution in [3.8, 4) is 11.5 Å². The fourth-order valence-corrected chi connectivity index (χ4v) is 5.65. The normalized spacial score (nSPS) is 15.7. The van der Waals surface area contributed by atoms with Crippen molar-refractivity contribution in [2.45, 2.75) is 70.0 Å². The lowest BCUT2D eigenvalue weighted by Gasteiger charge is -2.33. The lowest BCUT2D eigenvalue weighted by atomic mass is 9.94. The Kier molecular flexibility index (Phi) is 9.61. The van der Waals surface area contributed by atoms with E-state index in [4.69, 9.17) is 21.1 Å². The number of nitrogens with one attached hydrogen (secondary N) is 1. The molecule has 2 amide bonds. The summed E-state index contributed by atoms with van der Waals surface area (Å²) < 4.78 is 11.4. The second kappa shape index (κ2) is 13.7. The van der Waals surface area contributed by atoms with Crippen molar-refractivity contribution in [3.63, 3.8) is 0 Å². The molecule has 1 aliphatic carbocycles. The monoisotopic (exact) mass is 560 g/mol. The Morgan fingerprint density at radius 3 is 2.30 bits per heavy atom. The first kappa shape index (κ1) is 28.0. The fourth-order valence-electron chi connectivity index (χ4n) is 5.52. The van der Waals surface area contributed by atoms with Crippen LogP contribution in [0.15, 0.2) is 72.8 Å². The predicted molar refractivity (Wildman–Crippen MR) is 157 cm³/mol. The van der Waals surface area contributed by atoms with Gasteiger partial charge in [-0.2, -0.15) is 0 Å². The molecular weight excluding hydrogens is 524 g/mol. The minimum Gasteiger partial charge on any atom is -0.486 e. The number of ether oxygens (including phenoxy) is 2. The number of halogens is 1. The van der Waals surface area contributed by atoms with E-state index in [9.17, 15) is 9.59 Å². The Balaban J connectivity index is 1.39. The molecule has 3 aromatic carbocycles. The second-order valence-corrected chi connectivity index (χ2v) is 11.1. The summed E-state index contributed by atoms with van der Waals surface area (Å²) in [6, 6.07) is 22.8. The maximum absolute atomic E-state index is 14.0. The number of nitrogens with zero attached hydrogens (tertiary/aromatic N) is 1. The number of aryl methyl sites for hydroxylation is 1. The maximum atomic E-state index is 14.0. The molecule has 210 valence electrons. The molecule has 1 atom stereocenters. The Bertz CT molecular complexity index is 1280. The van der Waals surface area contributed by atoms with Gasteiger partial charge in [0.2, 0.25) is 11.8 Å². The van der Waals surface area contributed by atoms with Gasteiger partial charge in [0, 0.05) is 30.5 Å². The number of amides is 2. The fraction of sp³-hybridized carbons (Fsp3) is 0.394. The third kappa shape index (κ3) is 7.57. The molecule has 1 heterocycles. The van der Waals surface area contributed by atoms with Crippen LogP contribution in [0, 0.1) is 0 Å². The largest absolute Gasteiger partial charge is 0.486 e. The van der Waals surface area contributed by atoms with Crippen LogP contribution in [-0.4, -0.2) is 42.0 Å². The summed E-state index contributed by atoms with van der Waals surface area (Å²) >= 11 is 6.14. The van der Waals surface area contributed by atoms with E-state index in [0.29, 0.717) is 43.4 Å². The zero-order valence-corrected chi connectivity index (χ0v) is 23.6. The van der Waals surface area contributed by atoms with Crippen molar-refractivity contribution in [2.75, 3.05) is 13.2 Å². The summed E-state index contributed by atoms with van der Waals surface area (Å²) in [7, 11) is 0. The van der Waals surface area contributed by atoms with E-state index < -0.39 is 6.04 Å². The van der Waals surface area contributed by atoms with Gasteiger partial charge in [-0.25, -0.2) is 0 Å². The summed E-state index contributed by atoms with van der Waals surface area (Å²) in [5.74, 6) is 1.29. The first-order chi connectivity index (χ1) is 19.5. The zero-order valence-electron chi connectivity index (χ0n) is 22.8.